The summed E-state index contributed by atoms with van der Waals surface area (Å²) in [4.78, 5) is 0.394. The summed E-state index contributed by atoms with van der Waals surface area (Å²) in [5.41, 5.74) is 0.547. The first-order chi connectivity index (χ1) is 5.82. The van der Waals surface area contributed by atoms with E-state index < -0.39 is 0 Å². The molecule has 0 fully saturated rings. The Bertz CT molecular complexity index is 326. The predicted molar refractivity (Wildman–Crippen MR) is 55.7 cm³/mol. The van der Waals surface area contributed by atoms with Crippen molar-refractivity contribution in [1.29, 1.82) is 0 Å². The monoisotopic (exact) mass is 198 g/mol. The molecule has 0 bridgehead atoms. The molecule has 0 aliphatic rings. The summed E-state index contributed by atoms with van der Waals surface area (Å²) in [5, 5.41) is 19.0. The lowest BCUT2D eigenvalue weighted by Gasteiger charge is -2.20. The quantitative estimate of drug-likeness (QED) is 0.443. The molecular formula is C10H14O2S. The highest BCUT2D eigenvalue weighted by molar-refractivity contribution is 7.80. The minimum atomic E-state index is -0.178. The highest BCUT2D eigenvalue weighted by atomic mass is 32.1. The molecule has 0 spiro atoms. The van der Waals surface area contributed by atoms with Crippen molar-refractivity contribution in [1.82, 2.24) is 0 Å². The van der Waals surface area contributed by atoms with Crippen LogP contribution in [0.4, 0.5) is 0 Å². The maximum atomic E-state index is 9.59. The van der Waals surface area contributed by atoms with Crippen LogP contribution in [0.3, 0.4) is 0 Å². The van der Waals surface area contributed by atoms with Gasteiger partial charge >= 0.3 is 0 Å². The van der Waals surface area contributed by atoms with Crippen LogP contribution < -0.4 is 0 Å². The van der Waals surface area contributed by atoms with Crippen LogP contribution >= 0.6 is 12.6 Å². The Morgan fingerprint density at radius 1 is 1.08 bits per heavy atom. The molecule has 0 amide bonds. The van der Waals surface area contributed by atoms with E-state index in [1.165, 1.54) is 6.07 Å². The molecule has 1 aromatic carbocycles. The van der Waals surface area contributed by atoms with E-state index in [0.29, 0.717) is 4.90 Å². The van der Waals surface area contributed by atoms with Gasteiger partial charge in [0, 0.05) is 10.5 Å². The minimum Gasteiger partial charge on any atom is -0.508 e. The van der Waals surface area contributed by atoms with Crippen LogP contribution in [0, 0.1) is 0 Å². The van der Waals surface area contributed by atoms with E-state index in [1.807, 2.05) is 20.8 Å². The van der Waals surface area contributed by atoms with Gasteiger partial charge < -0.3 is 10.2 Å². The van der Waals surface area contributed by atoms with Crippen molar-refractivity contribution in [2.45, 2.75) is 31.1 Å². The predicted octanol–water partition coefficient (Wildman–Crippen LogP) is 2.68. The van der Waals surface area contributed by atoms with Crippen LogP contribution in [0.1, 0.15) is 26.3 Å². The largest absolute Gasteiger partial charge is 0.508 e. The first-order valence-corrected chi connectivity index (χ1v) is 4.52. The van der Waals surface area contributed by atoms with Crippen molar-refractivity contribution in [2.24, 2.45) is 0 Å². The van der Waals surface area contributed by atoms with E-state index in [9.17, 15) is 10.2 Å². The van der Waals surface area contributed by atoms with Gasteiger partial charge in [0.25, 0.3) is 0 Å². The first kappa shape index (κ1) is 10.3. The lowest BCUT2D eigenvalue weighted by atomic mass is 9.86. The molecule has 1 rings (SSSR count). The van der Waals surface area contributed by atoms with Gasteiger partial charge in [0.05, 0.1) is 0 Å². The van der Waals surface area contributed by atoms with Crippen molar-refractivity contribution < 1.29 is 10.2 Å². The number of rotatable bonds is 0. The van der Waals surface area contributed by atoms with Crippen LogP contribution in [0.15, 0.2) is 17.0 Å². The SMILES string of the molecule is CC(C)(C)c1cc(O)c(S)cc1O. The molecule has 1 aromatic rings. The maximum absolute atomic E-state index is 9.59. The Labute approximate surface area is 83.6 Å². The number of hydrogen-bond donors (Lipinski definition) is 3. The van der Waals surface area contributed by atoms with E-state index in [1.54, 1.807) is 6.07 Å². The summed E-state index contributed by atoms with van der Waals surface area (Å²) in [6.45, 7) is 5.92. The smallest absolute Gasteiger partial charge is 0.129 e. The van der Waals surface area contributed by atoms with Gasteiger partial charge in [0.2, 0.25) is 0 Å². The second kappa shape index (κ2) is 3.14. The molecule has 0 aliphatic heterocycles. The topological polar surface area (TPSA) is 40.5 Å². The van der Waals surface area contributed by atoms with Crippen LogP contribution in [-0.4, -0.2) is 10.2 Å². The fraction of sp³-hybridized carbons (Fsp3) is 0.400. The van der Waals surface area contributed by atoms with Gasteiger partial charge in [-0.15, -0.1) is 12.6 Å². The highest BCUT2D eigenvalue weighted by Crippen LogP contribution is 2.36. The van der Waals surface area contributed by atoms with Crippen LogP contribution in [0.2, 0.25) is 0 Å². The van der Waals surface area contributed by atoms with Gasteiger partial charge in [-0.2, -0.15) is 0 Å². The van der Waals surface area contributed by atoms with Gasteiger partial charge in [0.1, 0.15) is 11.5 Å². The third-order valence-electron chi connectivity index (χ3n) is 1.90. The molecule has 3 heteroatoms. The van der Waals surface area contributed by atoms with Crippen molar-refractivity contribution in [2.75, 3.05) is 0 Å². The summed E-state index contributed by atoms with van der Waals surface area (Å²) < 4.78 is 0. The van der Waals surface area contributed by atoms with Gasteiger partial charge in [0.15, 0.2) is 0 Å². The average Bonchev–Trinajstić information content (AvgIpc) is 1.94. The molecule has 0 saturated carbocycles. The molecule has 0 saturated heterocycles. The molecule has 72 valence electrons. The summed E-state index contributed by atoms with van der Waals surface area (Å²) in [5.74, 6) is 0.279. The first-order valence-electron chi connectivity index (χ1n) is 4.08. The molecule has 0 aromatic heterocycles. The molecule has 0 atom stereocenters. The third kappa shape index (κ3) is 2.10. The number of hydrogen-bond acceptors (Lipinski definition) is 3. The van der Waals surface area contributed by atoms with Gasteiger partial charge in [-0.05, 0) is 17.5 Å². The molecule has 0 heterocycles. The number of phenols is 2. The summed E-state index contributed by atoms with van der Waals surface area (Å²) in [6.07, 6.45) is 0. The highest BCUT2D eigenvalue weighted by Gasteiger charge is 2.19. The minimum absolute atomic E-state index is 0.103. The Morgan fingerprint density at radius 3 is 2.08 bits per heavy atom. The zero-order valence-electron chi connectivity index (χ0n) is 8.00. The fourth-order valence-electron chi connectivity index (χ4n) is 1.17. The number of thiol groups is 1. The summed E-state index contributed by atoms with van der Waals surface area (Å²) in [6, 6.07) is 3.01. The van der Waals surface area contributed by atoms with Gasteiger partial charge in [-0.25, -0.2) is 0 Å². The molecule has 0 aliphatic carbocycles. The normalized spacial score (nSPS) is 11.7. The number of benzene rings is 1. The fourth-order valence-corrected chi connectivity index (χ4v) is 1.35. The molecule has 2 N–H and O–H groups in total. The molecule has 0 unspecified atom stereocenters. The van der Waals surface area contributed by atoms with E-state index >= 15 is 0 Å². The number of aromatic hydroxyl groups is 2. The molecule has 0 radical (unpaired) electrons. The van der Waals surface area contributed by atoms with E-state index in [2.05, 4.69) is 12.6 Å². The van der Waals surface area contributed by atoms with Crippen LogP contribution in [-0.2, 0) is 5.41 Å². The second-order valence-electron chi connectivity index (χ2n) is 4.11. The van der Waals surface area contributed by atoms with Crippen LogP contribution in [0.5, 0.6) is 11.5 Å². The van der Waals surface area contributed by atoms with Crippen molar-refractivity contribution >= 4 is 12.6 Å². The Balaban J connectivity index is 3.32. The van der Waals surface area contributed by atoms with E-state index in [4.69, 9.17) is 0 Å². The van der Waals surface area contributed by atoms with Crippen LogP contribution in [0.25, 0.3) is 0 Å². The van der Waals surface area contributed by atoms with E-state index in [-0.39, 0.29) is 16.9 Å². The zero-order chi connectivity index (χ0) is 10.2. The standard InChI is InChI=1S/C10H14O2S/c1-10(2,3)6-4-8(12)9(13)5-7(6)11/h4-5,11-13H,1-3H3. The van der Waals surface area contributed by atoms with E-state index in [0.717, 1.165) is 5.56 Å². The second-order valence-corrected chi connectivity index (χ2v) is 4.59. The third-order valence-corrected chi connectivity index (χ3v) is 2.26. The zero-order valence-corrected chi connectivity index (χ0v) is 8.89. The molecule has 2 nitrogen and oxygen atoms in total. The Morgan fingerprint density at radius 2 is 1.62 bits per heavy atom. The molecule has 13 heavy (non-hydrogen) atoms. The summed E-state index contributed by atoms with van der Waals surface area (Å²) in [7, 11) is 0. The Kier molecular flexibility index (Phi) is 2.48. The lowest BCUT2D eigenvalue weighted by molar-refractivity contribution is 0.427. The van der Waals surface area contributed by atoms with Crippen molar-refractivity contribution in [3.8, 4) is 11.5 Å². The summed E-state index contributed by atoms with van der Waals surface area (Å²) >= 11 is 4.00. The lowest BCUT2D eigenvalue weighted by Crippen LogP contribution is -2.11. The Hall–Kier alpha value is -0.830. The van der Waals surface area contributed by atoms with Gasteiger partial charge in [-0.3, -0.25) is 0 Å². The maximum Gasteiger partial charge on any atom is 0.129 e. The van der Waals surface area contributed by atoms with Gasteiger partial charge in [-0.1, -0.05) is 20.8 Å². The van der Waals surface area contributed by atoms with Crippen molar-refractivity contribution in [3.63, 3.8) is 0 Å². The molecular weight excluding hydrogens is 184 g/mol. The van der Waals surface area contributed by atoms with Crippen molar-refractivity contribution in [3.05, 3.63) is 17.7 Å². The number of phenolic OH excluding ortho intramolecular Hbond substituents is 2. The average molecular weight is 198 g/mol.